The number of benzene rings is 1. The Labute approximate surface area is 103 Å². The van der Waals surface area contributed by atoms with E-state index in [1.54, 1.807) is 0 Å². The van der Waals surface area contributed by atoms with Crippen molar-refractivity contribution in [1.82, 2.24) is 9.55 Å². The van der Waals surface area contributed by atoms with Crippen molar-refractivity contribution in [3.8, 4) is 11.3 Å². The second-order valence-corrected chi connectivity index (χ2v) is 4.74. The second kappa shape index (κ2) is 3.94. The topological polar surface area (TPSA) is 43.8 Å². The fourth-order valence-electron chi connectivity index (χ4n) is 1.76. The van der Waals surface area contributed by atoms with Gasteiger partial charge < -0.3 is 10.3 Å². The minimum Gasteiger partial charge on any atom is -0.369 e. The van der Waals surface area contributed by atoms with Crippen LogP contribution in [0.4, 0.5) is 5.95 Å². The maximum atomic E-state index is 5.79. The Morgan fingerprint density at radius 3 is 2.56 bits per heavy atom. The molecule has 0 saturated carbocycles. The Hall–Kier alpha value is -1.29. The van der Waals surface area contributed by atoms with E-state index < -0.39 is 0 Å². The first-order valence-corrected chi connectivity index (χ1v) is 5.85. The van der Waals surface area contributed by atoms with Gasteiger partial charge in [-0.25, -0.2) is 4.98 Å². The molecule has 0 aliphatic heterocycles. The predicted molar refractivity (Wildman–Crippen MR) is 70.2 cm³/mol. The van der Waals surface area contributed by atoms with Crippen molar-refractivity contribution in [3.63, 3.8) is 0 Å². The number of anilines is 1. The third-order valence-electron chi connectivity index (χ3n) is 2.74. The van der Waals surface area contributed by atoms with E-state index in [1.165, 1.54) is 16.7 Å². The number of aryl methyl sites for hydroxylation is 2. The predicted octanol–water partition coefficient (Wildman–Crippen LogP) is 3.05. The van der Waals surface area contributed by atoms with Crippen LogP contribution in [0.3, 0.4) is 0 Å². The molecule has 1 aromatic carbocycles. The Morgan fingerprint density at radius 1 is 1.31 bits per heavy atom. The number of rotatable bonds is 1. The van der Waals surface area contributed by atoms with E-state index in [1.807, 2.05) is 11.6 Å². The molecule has 0 aliphatic rings. The van der Waals surface area contributed by atoms with E-state index in [4.69, 9.17) is 5.73 Å². The van der Waals surface area contributed by atoms with Gasteiger partial charge in [0, 0.05) is 12.6 Å². The van der Waals surface area contributed by atoms with E-state index in [9.17, 15) is 0 Å². The van der Waals surface area contributed by atoms with E-state index >= 15 is 0 Å². The van der Waals surface area contributed by atoms with E-state index in [-0.39, 0.29) is 0 Å². The highest BCUT2D eigenvalue weighted by Crippen LogP contribution is 2.32. The molecule has 0 radical (unpaired) electrons. The molecule has 2 aromatic rings. The number of imidazole rings is 1. The van der Waals surface area contributed by atoms with Crippen LogP contribution in [0, 0.1) is 13.8 Å². The molecular formula is C12H14BrN3. The SMILES string of the molecule is Cc1ccc(C)c(-c2c(Br)nc(N)n2C)c1. The van der Waals surface area contributed by atoms with Gasteiger partial charge >= 0.3 is 0 Å². The molecule has 0 aliphatic carbocycles. The van der Waals surface area contributed by atoms with Crippen LogP contribution in [-0.4, -0.2) is 9.55 Å². The van der Waals surface area contributed by atoms with Crippen LogP contribution in [-0.2, 0) is 7.05 Å². The summed E-state index contributed by atoms with van der Waals surface area (Å²) in [5.74, 6) is 0.516. The number of hydrogen-bond acceptors (Lipinski definition) is 2. The Balaban J connectivity index is 2.71. The third kappa shape index (κ3) is 1.73. The first-order chi connectivity index (χ1) is 7.50. The smallest absolute Gasteiger partial charge is 0.201 e. The molecule has 3 nitrogen and oxygen atoms in total. The van der Waals surface area contributed by atoms with Gasteiger partial charge in [-0.3, -0.25) is 0 Å². The highest BCUT2D eigenvalue weighted by atomic mass is 79.9. The zero-order chi connectivity index (χ0) is 11.9. The minimum atomic E-state index is 0.516. The van der Waals surface area contributed by atoms with Crippen molar-refractivity contribution >= 4 is 21.9 Å². The monoisotopic (exact) mass is 279 g/mol. The number of aromatic nitrogens is 2. The number of hydrogen-bond donors (Lipinski definition) is 1. The summed E-state index contributed by atoms with van der Waals surface area (Å²) < 4.78 is 2.69. The highest BCUT2D eigenvalue weighted by Gasteiger charge is 2.14. The molecule has 0 fully saturated rings. The minimum absolute atomic E-state index is 0.516. The zero-order valence-electron chi connectivity index (χ0n) is 9.58. The molecule has 0 spiro atoms. The number of halogens is 1. The molecule has 0 atom stereocenters. The lowest BCUT2D eigenvalue weighted by Gasteiger charge is -2.09. The second-order valence-electron chi connectivity index (χ2n) is 3.99. The lowest BCUT2D eigenvalue weighted by molar-refractivity contribution is 0.936. The summed E-state index contributed by atoms with van der Waals surface area (Å²) in [5, 5.41) is 0. The van der Waals surface area contributed by atoms with Gasteiger partial charge in [-0.1, -0.05) is 17.7 Å². The highest BCUT2D eigenvalue weighted by molar-refractivity contribution is 9.10. The average Bonchev–Trinajstić information content (AvgIpc) is 2.46. The van der Waals surface area contributed by atoms with Crippen LogP contribution in [0.15, 0.2) is 22.8 Å². The fraction of sp³-hybridized carbons (Fsp3) is 0.250. The van der Waals surface area contributed by atoms with Gasteiger partial charge in [0.05, 0.1) is 5.69 Å². The van der Waals surface area contributed by atoms with Crippen molar-refractivity contribution in [3.05, 3.63) is 33.9 Å². The quantitative estimate of drug-likeness (QED) is 0.872. The number of nitrogens with two attached hydrogens (primary N) is 1. The zero-order valence-corrected chi connectivity index (χ0v) is 11.2. The van der Waals surface area contributed by atoms with Crippen LogP contribution in [0.25, 0.3) is 11.3 Å². The fourth-order valence-corrected chi connectivity index (χ4v) is 2.43. The molecule has 0 unspecified atom stereocenters. The Kier molecular flexibility index (Phi) is 2.76. The van der Waals surface area contributed by atoms with Crippen molar-refractivity contribution in [1.29, 1.82) is 0 Å². The van der Waals surface area contributed by atoms with Crippen LogP contribution in [0.2, 0.25) is 0 Å². The van der Waals surface area contributed by atoms with Gasteiger partial charge in [-0.05, 0) is 41.4 Å². The van der Waals surface area contributed by atoms with Gasteiger partial charge in [0.2, 0.25) is 5.95 Å². The average molecular weight is 280 g/mol. The van der Waals surface area contributed by atoms with Gasteiger partial charge in [0.15, 0.2) is 0 Å². The van der Waals surface area contributed by atoms with Crippen molar-refractivity contribution < 1.29 is 0 Å². The summed E-state index contributed by atoms with van der Waals surface area (Å²) in [6.07, 6.45) is 0. The lowest BCUT2D eigenvalue weighted by atomic mass is 10.0. The van der Waals surface area contributed by atoms with Gasteiger partial charge in [-0.2, -0.15) is 0 Å². The molecule has 84 valence electrons. The van der Waals surface area contributed by atoms with E-state index in [0.29, 0.717) is 5.95 Å². The maximum absolute atomic E-state index is 5.79. The van der Waals surface area contributed by atoms with Crippen LogP contribution in [0.1, 0.15) is 11.1 Å². The molecule has 16 heavy (non-hydrogen) atoms. The Morgan fingerprint density at radius 2 is 2.00 bits per heavy atom. The van der Waals surface area contributed by atoms with Crippen molar-refractivity contribution in [2.75, 3.05) is 5.73 Å². The molecule has 0 amide bonds. The standard InChI is InChI=1S/C12H14BrN3/c1-7-4-5-8(2)9(6-7)10-11(13)15-12(14)16(10)3/h4-6H,1-3H3,(H2,14,15). The van der Waals surface area contributed by atoms with Crippen LogP contribution < -0.4 is 5.73 Å². The van der Waals surface area contributed by atoms with E-state index in [0.717, 1.165) is 10.3 Å². The maximum Gasteiger partial charge on any atom is 0.201 e. The van der Waals surface area contributed by atoms with Gasteiger partial charge in [0.1, 0.15) is 4.60 Å². The largest absolute Gasteiger partial charge is 0.369 e. The van der Waals surface area contributed by atoms with Gasteiger partial charge in [0.25, 0.3) is 0 Å². The van der Waals surface area contributed by atoms with Gasteiger partial charge in [-0.15, -0.1) is 0 Å². The molecule has 0 saturated heterocycles. The van der Waals surface area contributed by atoms with Crippen LogP contribution in [0.5, 0.6) is 0 Å². The Bertz CT molecular complexity index is 543. The molecule has 2 N–H and O–H groups in total. The number of nitrogens with zero attached hydrogens (tertiary/aromatic N) is 2. The lowest BCUT2D eigenvalue weighted by Crippen LogP contribution is -1.99. The summed E-state index contributed by atoms with van der Waals surface area (Å²) in [7, 11) is 1.92. The molecule has 4 heteroatoms. The first kappa shape index (κ1) is 11.2. The summed E-state index contributed by atoms with van der Waals surface area (Å²) >= 11 is 3.45. The molecule has 2 rings (SSSR count). The summed E-state index contributed by atoms with van der Waals surface area (Å²) in [6.45, 7) is 4.17. The van der Waals surface area contributed by atoms with Crippen molar-refractivity contribution in [2.45, 2.75) is 13.8 Å². The molecule has 0 bridgehead atoms. The first-order valence-electron chi connectivity index (χ1n) is 5.06. The van der Waals surface area contributed by atoms with Crippen molar-refractivity contribution in [2.24, 2.45) is 7.05 Å². The summed E-state index contributed by atoms with van der Waals surface area (Å²) in [4.78, 5) is 4.22. The summed E-state index contributed by atoms with van der Waals surface area (Å²) in [5.41, 5.74) is 10.4. The molecule has 1 aromatic heterocycles. The number of nitrogen functional groups attached to an aromatic ring is 1. The van der Waals surface area contributed by atoms with E-state index in [2.05, 4.69) is 53.0 Å². The molecule has 1 heterocycles. The van der Waals surface area contributed by atoms with Crippen LogP contribution >= 0.6 is 15.9 Å². The molecular weight excluding hydrogens is 266 g/mol. The third-order valence-corrected chi connectivity index (χ3v) is 3.29. The normalized spacial score (nSPS) is 10.8. The summed E-state index contributed by atoms with van der Waals surface area (Å²) in [6, 6.07) is 6.36.